The molecule has 3 rings (SSSR count). The minimum absolute atomic E-state index is 0.266. The van der Waals surface area contributed by atoms with Gasteiger partial charge in [0, 0.05) is 16.5 Å². The van der Waals surface area contributed by atoms with Crippen LogP contribution in [-0.4, -0.2) is 45.5 Å². The third-order valence-electron chi connectivity index (χ3n) is 3.57. The van der Waals surface area contributed by atoms with Crippen molar-refractivity contribution in [2.24, 2.45) is 0 Å². The van der Waals surface area contributed by atoms with Crippen LogP contribution in [0.1, 0.15) is 20.7 Å². The number of aliphatic carboxylic acids is 1. The average Bonchev–Trinajstić information content (AvgIpc) is 2.48. The minimum atomic E-state index is -1.59. The van der Waals surface area contributed by atoms with Gasteiger partial charge in [-0.05, 0) is 17.5 Å². The van der Waals surface area contributed by atoms with Crippen LogP contribution in [0.2, 0.25) is 0 Å². The Kier molecular flexibility index (Phi) is 2.95. The molecule has 2 aromatic rings. The van der Waals surface area contributed by atoms with Crippen molar-refractivity contribution < 1.29 is 24.6 Å². The molecule has 0 fully saturated rings. The molecule has 106 valence electrons. The van der Waals surface area contributed by atoms with Crippen LogP contribution in [-0.2, 0) is 4.79 Å². The summed E-state index contributed by atoms with van der Waals surface area (Å²) in [6.45, 7) is -0.828. The number of carbonyl (C=O) groups excluding carboxylic acids is 2. The Morgan fingerprint density at radius 2 is 1.57 bits per heavy atom. The maximum Gasteiger partial charge on any atom is 0.329 e. The lowest BCUT2D eigenvalue weighted by Crippen LogP contribution is -2.52. The molecule has 1 aliphatic rings. The Balaban J connectivity index is 2.26. The molecule has 6 heteroatoms. The second-order valence-corrected chi connectivity index (χ2v) is 4.73. The van der Waals surface area contributed by atoms with Crippen LogP contribution >= 0.6 is 0 Å². The summed E-state index contributed by atoms with van der Waals surface area (Å²) in [5.74, 6) is -2.83. The second-order valence-electron chi connectivity index (χ2n) is 4.73. The van der Waals surface area contributed by atoms with Crippen molar-refractivity contribution in [2.45, 2.75) is 6.04 Å². The topological polar surface area (TPSA) is 94.9 Å². The predicted octanol–water partition coefficient (Wildman–Crippen LogP) is 0.881. The average molecular weight is 285 g/mol. The number of carboxylic acid groups (broad SMARTS) is 1. The van der Waals surface area contributed by atoms with E-state index >= 15 is 0 Å². The van der Waals surface area contributed by atoms with E-state index < -0.39 is 30.4 Å². The van der Waals surface area contributed by atoms with Crippen LogP contribution < -0.4 is 0 Å². The fourth-order valence-electron chi connectivity index (χ4n) is 2.60. The molecule has 0 aliphatic carbocycles. The standard InChI is InChI=1S/C15H11NO5/c17-7-11(15(20)21)16-13(18)9-5-1-3-8-4-2-6-10(12(8)9)14(16)19/h1-6,11,17H,7H2,(H,20,21). The third-order valence-corrected chi connectivity index (χ3v) is 3.57. The number of carbonyl (C=O) groups is 3. The lowest BCUT2D eigenvalue weighted by Gasteiger charge is -2.30. The number of amides is 2. The Bertz CT molecular complexity index is 732. The van der Waals surface area contributed by atoms with E-state index in [-0.39, 0.29) is 11.1 Å². The molecule has 2 amide bonds. The number of hydrogen-bond donors (Lipinski definition) is 2. The SMILES string of the molecule is O=C(O)C(CO)N1C(=O)c2cccc3cccc(c23)C1=O. The van der Waals surface area contributed by atoms with Crippen LogP contribution in [0, 0.1) is 0 Å². The van der Waals surface area contributed by atoms with Crippen molar-refractivity contribution in [2.75, 3.05) is 6.61 Å². The number of hydrogen-bond acceptors (Lipinski definition) is 4. The second kappa shape index (κ2) is 4.68. The smallest absolute Gasteiger partial charge is 0.329 e. The van der Waals surface area contributed by atoms with Gasteiger partial charge in [0.05, 0.1) is 6.61 Å². The Hall–Kier alpha value is -2.73. The number of imide groups is 1. The molecule has 0 bridgehead atoms. The van der Waals surface area contributed by atoms with Gasteiger partial charge in [-0.3, -0.25) is 14.5 Å². The highest BCUT2D eigenvalue weighted by atomic mass is 16.4. The lowest BCUT2D eigenvalue weighted by molar-refractivity contribution is -0.142. The number of aliphatic hydroxyl groups is 1. The van der Waals surface area contributed by atoms with E-state index in [2.05, 4.69) is 0 Å². The van der Waals surface area contributed by atoms with E-state index in [4.69, 9.17) is 5.11 Å². The number of nitrogens with zero attached hydrogens (tertiary/aromatic N) is 1. The maximum atomic E-state index is 12.4. The normalized spacial score (nSPS) is 15.4. The fourth-order valence-corrected chi connectivity index (χ4v) is 2.60. The van der Waals surface area contributed by atoms with Gasteiger partial charge in [0.25, 0.3) is 11.8 Å². The summed E-state index contributed by atoms with van der Waals surface area (Å²) in [6, 6.07) is 8.39. The summed E-state index contributed by atoms with van der Waals surface area (Å²) in [5.41, 5.74) is 0.532. The van der Waals surface area contributed by atoms with Crippen LogP contribution in [0.4, 0.5) is 0 Å². The molecule has 6 nitrogen and oxygen atoms in total. The molecule has 1 aliphatic heterocycles. The Morgan fingerprint density at radius 3 is 2.00 bits per heavy atom. The number of rotatable bonds is 3. The Morgan fingerprint density at radius 1 is 1.05 bits per heavy atom. The molecule has 0 spiro atoms. The zero-order valence-electron chi connectivity index (χ0n) is 10.8. The van der Waals surface area contributed by atoms with E-state index in [0.717, 1.165) is 5.39 Å². The largest absolute Gasteiger partial charge is 0.480 e. The summed E-state index contributed by atoms with van der Waals surface area (Å²) >= 11 is 0. The van der Waals surface area contributed by atoms with Gasteiger partial charge in [-0.2, -0.15) is 0 Å². The first kappa shape index (κ1) is 13.3. The summed E-state index contributed by atoms with van der Waals surface area (Å²) in [6.07, 6.45) is 0. The van der Waals surface area contributed by atoms with E-state index in [0.29, 0.717) is 10.3 Å². The van der Waals surface area contributed by atoms with Crippen molar-refractivity contribution in [1.29, 1.82) is 0 Å². The van der Waals surface area contributed by atoms with Gasteiger partial charge in [-0.15, -0.1) is 0 Å². The number of benzene rings is 2. The lowest BCUT2D eigenvalue weighted by atomic mass is 9.93. The summed E-state index contributed by atoms with van der Waals surface area (Å²) in [4.78, 5) is 36.7. The predicted molar refractivity (Wildman–Crippen MR) is 73.0 cm³/mol. The highest BCUT2D eigenvalue weighted by Gasteiger charge is 2.40. The minimum Gasteiger partial charge on any atom is -0.480 e. The zero-order chi connectivity index (χ0) is 15.1. The van der Waals surface area contributed by atoms with E-state index in [1.807, 2.05) is 0 Å². The fraction of sp³-hybridized carbons (Fsp3) is 0.133. The van der Waals surface area contributed by atoms with Crippen molar-refractivity contribution in [1.82, 2.24) is 4.90 Å². The molecule has 2 N–H and O–H groups in total. The van der Waals surface area contributed by atoms with Crippen molar-refractivity contribution in [3.05, 3.63) is 47.5 Å². The van der Waals surface area contributed by atoms with Gasteiger partial charge in [0.1, 0.15) is 0 Å². The highest BCUT2D eigenvalue weighted by molar-refractivity contribution is 6.26. The van der Waals surface area contributed by atoms with E-state index in [9.17, 15) is 19.5 Å². The van der Waals surface area contributed by atoms with Crippen LogP contribution in [0.15, 0.2) is 36.4 Å². The Labute approximate surface area is 119 Å². The van der Waals surface area contributed by atoms with Crippen molar-refractivity contribution in [3.8, 4) is 0 Å². The molecule has 1 heterocycles. The van der Waals surface area contributed by atoms with Gasteiger partial charge in [0.2, 0.25) is 0 Å². The maximum absolute atomic E-state index is 12.4. The first-order valence-corrected chi connectivity index (χ1v) is 6.29. The molecule has 21 heavy (non-hydrogen) atoms. The van der Waals surface area contributed by atoms with E-state index in [1.54, 1.807) is 36.4 Å². The summed E-state index contributed by atoms with van der Waals surface area (Å²) in [5, 5.41) is 19.6. The van der Waals surface area contributed by atoms with Gasteiger partial charge in [0.15, 0.2) is 6.04 Å². The van der Waals surface area contributed by atoms with Crippen LogP contribution in [0.3, 0.4) is 0 Å². The molecule has 0 aromatic heterocycles. The van der Waals surface area contributed by atoms with Crippen molar-refractivity contribution >= 4 is 28.6 Å². The molecule has 2 aromatic carbocycles. The number of carboxylic acids is 1. The first-order chi connectivity index (χ1) is 10.1. The highest BCUT2D eigenvalue weighted by Crippen LogP contribution is 2.30. The molecular formula is C15H11NO5. The number of aliphatic hydroxyl groups excluding tert-OH is 1. The molecule has 1 atom stereocenters. The summed E-state index contributed by atoms with van der Waals surface area (Å²) in [7, 11) is 0. The zero-order valence-corrected chi connectivity index (χ0v) is 10.8. The van der Waals surface area contributed by atoms with Crippen molar-refractivity contribution in [3.63, 3.8) is 0 Å². The van der Waals surface area contributed by atoms with Gasteiger partial charge >= 0.3 is 5.97 Å². The third kappa shape index (κ3) is 1.80. The first-order valence-electron chi connectivity index (χ1n) is 6.29. The molecule has 0 saturated carbocycles. The quantitative estimate of drug-likeness (QED) is 0.816. The molecule has 1 unspecified atom stereocenters. The molecule has 0 saturated heterocycles. The van der Waals surface area contributed by atoms with E-state index in [1.165, 1.54) is 0 Å². The van der Waals surface area contributed by atoms with Crippen LogP contribution in [0.5, 0.6) is 0 Å². The monoisotopic (exact) mass is 285 g/mol. The van der Waals surface area contributed by atoms with Gasteiger partial charge in [-0.1, -0.05) is 24.3 Å². The van der Waals surface area contributed by atoms with Crippen LogP contribution in [0.25, 0.3) is 10.8 Å². The molecular weight excluding hydrogens is 274 g/mol. The van der Waals surface area contributed by atoms with Gasteiger partial charge in [-0.25, -0.2) is 4.79 Å². The van der Waals surface area contributed by atoms with Gasteiger partial charge < -0.3 is 10.2 Å². The molecule has 0 radical (unpaired) electrons. The summed E-state index contributed by atoms with van der Waals surface area (Å²) < 4.78 is 0.